The fraction of sp³-hybridized carbons (Fsp3) is 0.167. The number of primary amides is 1. The van der Waals surface area contributed by atoms with E-state index in [2.05, 4.69) is 9.97 Å². The van der Waals surface area contributed by atoms with Crippen LogP contribution in [0.2, 0.25) is 0 Å². The van der Waals surface area contributed by atoms with E-state index in [0.29, 0.717) is 13.0 Å². The lowest BCUT2D eigenvalue weighted by atomic mass is 10.1. The van der Waals surface area contributed by atoms with Gasteiger partial charge in [0, 0.05) is 25.4 Å². The predicted octanol–water partition coefficient (Wildman–Crippen LogP) is 1.65. The number of aromatic nitrogens is 3. The number of nitrogens with zero attached hydrogens (tertiary/aromatic N) is 3. The standard InChI is InChI=1S/C18H18N4O2/c19-18(24)9-17-16(8-13-4-2-6-20-10-13)21-12-22(17)11-14-3-1-5-15(23)7-14/h1-7,10,12,23H,8-9,11H2,(H2,19,24). The van der Waals surface area contributed by atoms with E-state index in [4.69, 9.17) is 5.73 Å². The van der Waals surface area contributed by atoms with Gasteiger partial charge in [0.05, 0.1) is 24.1 Å². The molecule has 2 heterocycles. The van der Waals surface area contributed by atoms with Crippen LogP contribution >= 0.6 is 0 Å². The van der Waals surface area contributed by atoms with Gasteiger partial charge in [-0.2, -0.15) is 0 Å². The first-order chi connectivity index (χ1) is 11.6. The monoisotopic (exact) mass is 322 g/mol. The molecule has 3 rings (SSSR count). The van der Waals surface area contributed by atoms with Crippen molar-refractivity contribution >= 4 is 5.91 Å². The van der Waals surface area contributed by atoms with Gasteiger partial charge in [0.2, 0.25) is 5.91 Å². The van der Waals surface area contributed by atoms with Gasteiger partial charge >= 0.3 is 0 Å². The van der Waals surface area contributed by atoms with Gasteiger partial charge in [-0.25, -0.2) is 4.98 Å². The van der Waals surface area contributed by atoms with Crippen molar-refractivity contribution in [3.63, 3.8) is 0 Å². The van der Waals surface area contributed by atoms with E-state index in [9.17, 15) is 9.90 Å². The summed E-state index contributed by atoms with van der Waals surface area (Å²) in [4.78, 5) is 20.0. The van der Waals surface area contributed by atoms with Crippen LogP contribution in [-0.2, 0) is 24.2 Å². The number of aromatic hydroxyl groups is 1. The first-order valence-electron chi connectivity index (χ1n) is 7.60. The summed E-state index contributed by atoms with van der Waals surface area (Å²) < 4.78 is 1.89. The number of nitrogens with two attached hydrogens (primary N) is 1. The van der Waals surface area contributed by atoms with Crippen molar-refractivity contribution in [2.45, 2.75) is 19.4 Å². The Morgan fingerprint density at radius 2 is 2.04 bits per heavy atom. The highest BCUT2D eigenvalue weighted by molar-refractivity contribution is 5.76. The second kappa shape index (κ2) is 6.95. The van der Waals surface area contributed by atoms with Gasteiger partial charge in [-0.1, -0.05) is 18.2 Å². The van der Waals surface area contributed by atoms with Gasteiger partial charge in [0.1, 0.15) is 5.75 Å². The van der Waals surface area contributed by atoms with Gasteiger partial charge in [0.15, 0.2) is 0 Å². The Kier molecular flexibility index (Phi) is 4.56. The Bertz CT molecular complexity index is 843. The third-order valence-electron chi connectivity index (χ3n) is 3.73. The second-order valence-corrected chi connectivity index (χ2v) is 5.62. The summed E-state index contributed by atoms with van der Waals surface area (Å²) in [6, 6.07) is 10.8. The minimum Gasteiger partial charge on any atom is -0.508 e. The van der Waals surface area contributed by atoms with Gasteiger partial charge in [-0.15, -0.1) is 0 Å². The second-order valence-electron chi connectivity index (χ2n) is 5.62. The van der Waals surface area contributed by atoms with Crippen LogP contribution in [0.15, 0.2) is 55.1 Å². The van der Waals surface area contributed by atoms with E-state index in [1.807, 2.05) is 22.8 Å². The number of phenols is 1. The summed E-state index contributed by atoms with van der Waals surface area (Å²) >= 11 is 0. The number of benzene rings is 1. The van der Waals surface area contributed by atoms with Crippen LogP contribution in [0, 0.1) is 0 Å². The third kappa shape index (κ3) is 3.78. The van der Waals surface area contributed by atoms with Gasteiger partial charge < -0.3 is 15.4 Å². The molecule has 0 aliphatic carbocycles. The molecule has 6 nitrogen and oxygen atoms in total. The minimum absolute atomic E-state index is 0.119. The predicted molar refractivity (Wildman–Crippen MR) is 89.4 cm³/mol. The van der Waals surface area contributed by atoms with Crippen molar-refractivity contribution in [2.75, 3.05) is 0 Å². The number of carbonyl (C=O) groups is 1. The molecular formula is C18H18N4O2. The Hall–Kier alpha value is -3.15. The van der Waals surface area contributed by atoms with Crippen LogP contribution in [-0.4, -0.2) is 25.5 Å². The molecule has 2 aromatic heterocycles. The van der Waals surface area contributed by atoms with Crippen molar-refractivity contribution in [3.05, 3.63) is 77.6 Å². The summed E-state index contributed by atoms with van der Waals surface area (Å²) in [6.07, 6.45) is 5.91. The van der Waals surface area contributed by atoms with E-state index in [-0.39, 0.29) is 12.2 Å². The number of hydrogen-bond donors (Lipinski definition) is 2. The molecule has 24 heavy (non-hydrogen) atoms. The normalized spacial score (nSPS) is 10.7. The molecule has 0 saturated heterocycles. The number of carbonyl (C=O) groups excluding carboxylic acids is 1. The molecule has 0 spiro atoms. The first kappa shape index (κ1) is 15.7. The maximum atomic E-state index is 11.5. The highest BCUT2D eigenvalue weighted by Gasteiger charge is 2.14. The number of rotatable bonds is 6. The number of pyridine rings is 1. The molecule has 0 fully saturated rings. The molecule has 1 aromatic carbocycles. The zero-order valence-corrected chi connectivity index (χ0v) is 13.1. The summed E-state index contributed by atoms with van der Waals surface area (Å²) in [6.45, 7) is 0.511. The summed E-state index contributed by atoms with van der Waals surface area (Å²) in [7, 11) is 0. The van der Waals surface area contributed by atoms with E-state index < -0.39 is 5.91 Å². The SMILES string of the molecule is NC(=O)Cc1c(Cc2cccnc2)ncn1Cc1cccc(O)c1. The Balaban J connectivity index is 1.90. The van der Waals surface area contributed by atoms with E-state index in [1.54, 1.807) is 36.9 Å². The van der Waals surface area contributed by atoms with Crippen LogP contribution in [0.4, 0.5) is 0 Å². The van der Waals surface area contributed by atoms with Crippen molar-refractivity contribution in [1.29, 1.82) is 0 Å². The van der Waals surface area contributed by atoms with Gasteiger partial charge in [-0.3, -0.25) is 9.78 Å². The average Bonchev–Trinajstić information content (AvgIpc) is 2.90. The number of imidazole rings is 1. The molecule has 122 valence electrons. The highest BCUT2D eigenvalue weighted by atomic mass is 16.3. The molecule has 6 heteroatoms. The van der Waals surface area contributed by atoms with E-state index in [1.165, 1.54) is 0 Å². The summed E-state index contributed by atoms with van der Waals surface area (Å²) in [5.74, 6) is -0.195. The highest BCUT2D eigenvalue weighted by Crippen LogP contribution is 2.17. The van der Waals surface area contributed by atoms with Gasteiger partial charge in [-0.05, 0) is 29.3 Å². The van der Waals surface area contributed by atoms with Crippen LogP contribution < -0.4 is 5.73 Å². The Labute approximate surface area is 139 Å². The van der Waals surface area contributed by atoms with Crippen molar-refractivity contribution in [3.8, 4) is 5.75 Å². The quantitative estimate of drug-likeness (QED) is 0.721. The number of amides is 1. The third-order valence-corrected chi connectivity index (χ3v) is 3.73. The first-order valence-corrected chi connectivity index (χ1v) is 7.60. The van der Waals surface area contributed by atoms with Crippen molar-refractivity contribution in [2.24, 2.45) is 5.73 Å². The average molecular weight is 322 g/mol. The Morgan fingerprint density at radius 3 is 2.75 bits per heavy atom. The summed E-state index contributed by atoms with van der Waals surface area (Å²) in [5, 5.41) is 9.60. The Morgan fingerprint density at radius 1 is 1.21 bits per heavy atom. The lowest BCUT2D eigenvalue weighted by Gasteiger charge is -2.09. The fourth-order valence-electron chi connectivity index (χ4n) is 2.65. The van der Waals surface area contributed by atoms with E-state index >= 15 is 0 Å². The summed E-state index contributed by atoms with van der Waals surface area (Å²) in [5.41, 5.74) is 8.94. The minimum atomic E-state index is -0.403. The molecular weight excluding hydrogens is 304 g/mol. The molecule has 0 radical (unpaired) electrons. The maximum Gasteiger partial charge on any atom is 0.223 e. The maximum absolute atomic E-state index is 11.5. The topological polar surface area (TPSA) is 94.0 Å². The zero-order chi connectivity index (χ0) is 16.9. The molecule has 0 aliphatic heterocycles. The number of hydrogen-bond acceptors (Lipinski definition) is 4. The van der Waals surface area contributed by atoms with E-state index in [0.717, 1.165) is 22.5 Å². The largest absolute Gasteiger partial charge is 0.508 e. The van der Waals surface area contributed by atoms with Crippen molar-refractivity contribution < 1.29 is 9.90 Å². The lowest BCUT2D eigenvalue weighted by molar-refractivity contribution is -0.117. The molecule has 0 unspecified atom stereocenters. The number of phenolic OH excluding ortho intramolecular Hbond substituents is 1. The van der Waals surface area contributed by atoms with Crippen LogP contribution in [0.5, 0.6) is 5.75 Å². The molecule has 3 N–H and O–H groups in total. The molecule has 0 aliphatic rings. The smallest absolute Gasteiger partial charge is 0.223 e. The van der Waals surface area contributed by atoms with Crippen LogP contribution in [0.1, 0.15) is 22.5 Å². The molecule has 0 atom stereocenters. The molecule has 0 bridgehead atoms. The van der Waals surface area contributed by atoms with Gasteiger partial charge in [0.25, 0.3) is 0 Å². The lowest BCUT2D eigenvalue weighted by Crippen LogP contribution is -2.18. The van der Waals surface area contributed by atoms with Crippen molar-refractivity contribution in [1.82, 2.24) is 14.5 Å². The molecule has 3 aromatic rings. The van der Waals surface area contributed by atoms with Crippen LogP contribution in [0.3, 0.4) is 0 Å². The fourth-order valence-corrected chi connectivity index (χ4v) is 2.65. The zero-order valence-electron chi connectivity index (χ0n) is 13.1. The molecule has 1 amide bonds. The molecule has 0 saturated carbocycles. The van der Waals surface area contributed by atoms with Crippen LogP contribution in [0.25, 0.3) is 0 Å².